The lowest BCUT2D eigenvalue weighted by atomic mass is 9.96. The van der Waals surface area contributed by atoms with E-state index in [0.717, 1.165) is 32.8 Å². The maximum Gasteiger partial charge on any atom is 0.0701 e. The van der Waals surface area contributed by atoms with E-state index in [4.69, 9.17) is 14.2 Å². The zero-order valence-electron chi connectivity index (χ0n) is 20.1. The van der Waals surface area contributed by atoms with Crippen LogP contribution in [0.1, 0.15) is 60.8 Å². The van der Waals surface area contributed by atoms with E-state index in [0.29, 0.717) is 37.9 Å². The molecule has 0 aliphatic carbocycles. The predicted molar refractivity (Wildman–Crippen MR) is 122 cm³/mol. The number of hydrogen-bond donors (Lipinski definition) is 2. The Labute approximate surface area is 180 Å². The lowest BCUT2D eigenvalue weighted by molar-refractivity contribution is 0.00953. The number of likely N-dealkylation sites (tertiary alicyclic amines) is 1. The van der Waals surface area contributed by atoms with Crippen molar-refractivity contribution < 1.29 is 14.2 Å². The third-order valence-corrected chi connectivity index (χ3v) is 5.44. The number of hydrogen-bond acceptors (Lipinski definition) is 6. The maximum atomic E-state index is 5.72. The number of piperidine rings is 1. The third-order valence-electron chi connectivity index (χ3n) is 5.44. The van der Waals surface area contributed by atoms with E-state index in [1.165, 1.54) is 32.4 Å². The van der Waals surface area contributed by atoms with Gasteiger partial charge in [0.2, 0.25) is 0 Å². The summed E-state index contributed by atoms with van der Waals surface area (Å²) >= 11 is 0. The number of rotatable bonds is 16. The molecule has 6 heteroatoms. The summed E-state index contributed by atoms with van der Waals surface area (Å²) in [5, 5.41) is 7.20. The summed E-state index contributed by atoms with van der Waals surface area (Å²) in [6, 6.07) is 0.659. The summed E-state index contributed by atoms with van der Waals surface area (Å²) in [6.07, 6.45) is 3.64. The number of nitrogens with one attached hydrogen (secondary N) is 2. The number of ether oxygens (including phenoxy) is 3. The largest absolute Gasteiger partial charge is 0.378 e. The highest BCUT2D eigenvalue weighted by molar-refractivity contribution is 4.84. The standard InChI is InChI=1S/C23H49N3O3/c1-7-23(5,6)25-21-8-11-26(12-9-21)13-15-28-17-19-29-18-16-27-14-10-24-20-22(2,3)4/h21,24-25H,7-20H2,1-6H3. The second-order valence-corrected chi connectivity index (χ2v) is 10.1. The molecule has 1 rings (SSSR count). The molecule has 0 spiro atoms. The van der Waals surface area contributed by atoms with Gasteiger partial charge in [-0.05, 0) is 51.6 Å². The van der Waals surface area contributed by atoms with Crippen LogP contribution in [0.4, 0.5) is 0 Å². The first-order valence-electron chi connectivity index (χ1n) is 11.7. The third kappa shape index (κ3) is 15.2. The first-order valence-corrected chi connectivity index (χ1v) is 11.7. The molecule has 1 heterocycles. The van der Waals surface area contributed by atoms with Gasteiger partial charge >= 0.3 is 0 Å². The lowest BCUT2D eigenvalue weighted by Crippen LogP contribution is -2.50. The van der Waals surface area contributed by atoms with Crippen LogP contribution >= 0.6 is 0 Å². The summed E-state index contributed by atoms with van der Waals surface area (Å²) in [5.74, 6) is 0. The average Bonchev–Trinajstić information content (AvgIpc) is 2.65. The molecule has 0 saturated carbocycles. The molecule has 29 heavy (non-hydrogen) atoms. The van der Waals surface area contributed by atoms with Gasteiger partial charge in [-0.2, -0.15) is 0 Å². The van der Waals surface area contributed by atoms with Crippen LogP contribution in [-0.2, 0) is 14.2 Å². The van der Waals surface area contributed by atoms with Crippen LogP contribution in [0.3, 0.4) is 0 Å². The highest BCUT2D eigenvalue weighted by atomic mass is 16.5. The Kier molecular flexibility index (Phi) is 13.6. The Balaban J connectivity index is 1.84. The first-order chi connectivity index (χ1) is 13.7. The Morgan fingerprint density at radius 1 is 0.828 bits per heavy atom. The minimum atomic E-state index is 0.254. The fourth-order valence-corrected chi connectivity index (χ4v) is 3.30. The molecular formula is C23H49N3O3. The minimum absolute atomic E-state index is 0.254. The Bertz CT molecular complexity index is 391. The Morgan fingerprint density at radius 2 is 1.38 bits per heavy atom. The zero-order chi connectivity index (χ0) is 21.6. The van der Waals surface area contributed by atoms with Crippen molar-refractivity contribution in [3.05, 3.63) is 0 Å². The zero-order valence-corrected chi connectivity index (χ0v) is 20.1. The van der Waals surface area contributed by atoms with Crippen LogP contribution in [0, 0.1) is 5.41 Å². The van der Waals surface area contributed by atoms with Crippen LogP contribution in [0.2, 0.25) is 0 Å². The van der Waals surface area contributed by atoms with Crippen molar-refractivity contribution in [2.75, 3.05) is 72.4 Å². The van der Waals surface area contributed by atoms with Crippen molar-refractivity contribution in [1.29, 1.82) is 0 Å². The summed E-state index contributed by atoms with van der Waals surface area (Å²) in [5.41, 5.74) is 0.576. The van der Waals surface area contributed by atoms with Crippen LogP contribution in [0.5, 0.6) is 0 Å². The highest BCUT2D eigenvalue weighted by Gasteiger charge is 2.24. The molecule has 6 nitrogen and oxygen atoms in total. The predicted octanol–water partition coefficient (Wildman–Crippen LogP) is 2.91. The molecule has 0 bridgehead atoms. The van der Waals surface area contributed by atoms with E-state index < -0.39 is 0 Å². The normalized spacial score (nSPS) is 17.2. The monoisotopic (exact) mass is 415 g/mol. The van der Waals surface area contributed by atoms with Crippen LogP contribution < -0.4 is 10.6 Å². The van der Waals surface area contributed by atoms with Gasteiger partial charge in [0.1, 0.15) is 0 Å². The van der Waals surface area contributed by atoms with E-state index in [1.54, 1.807) is 0 Å². The molecule has 1 saturated heterocycles. The van der Waals surface area contributed by atoms with Gasteiger partial charge < -0.3 is 29.7 Å². The summed E-state index contributed by atoms with van der Waals surface area (Å²) in [6.45, 7) is 22.9. The smallest absolute Gasteiger partial charge is 0.0701 e. The second kappa shape index (κ2) is 14.7. The van der Waals surface area contributed by atoms with Crippen molar-refractivity contribution in [2.24, 2.45) is 5.41 Å². The van der Waals surface area contributed by atoms with Crippen molar-refractivity contribution in [3.8, 4) is 0 Å². The van der Waals surface area contributed by atoms with Gasteiger partial charge in [0, 0.05) is 31.2 Å². The van der Waals surface area contributed by atoms with E-state index in [1.807, 2.05) is 0 Å². The summed E-state index contributed by atoms with van der Waals surface area (Å²) in [4.78, 5) is 2.51. The Hall–Kier alpha value is -0.240. The van der Waals surface area contributed by atoms with Crippen LogP contribution in [0.15, 0.2) is 0 Å². The quantitative estimate of drug-likeness (QED) is 0.378. The molecule has 0 aromatic heterocycles. The van der Waals surface area contributed by atoms with Gasteiger partial charge in [-0.15, -0.1) is 0 Å². The maximum absolute atomic E-state index is 5.72. The fourth-order valence-electron chi connectivity index (χ4n) is 3.30. The molecule has 174 valence electrons. The van der Waals surface area contributed by atoms with Gasteiger partial charge in [0.15, 0.2) is 0 Å². The first kappa shape index (κ1) is 26.8. The second-order valence-electron chi connectivity index (χ2n) is 10.1. The van der Waals surface area contributed by atoms with Gasteiger partial charge in [0.25, 0.3) is 0 Å². The molecule has 1 fully saturated rings. The van der Waals surface area contributed by atoms with E-state index in [-0.39, 0.29) is 5.54 Å². The molecule has 2 N–H and O–H groups in total. The van der Waals surface area contributed by atoms with Gasteiger partial charge in [0.05, 0.1) is 39.6 Å². The molecule has 1 aliphatic rings. The molecule has 0 atom stereocenters. The number of nitrogens with zero attached hydrogens (tertiary/aromatic N) is 1. The molecule has 0 aromatic carbocycles. The SMILES string of the molecule is CCC(C)(C)NC1CCN(CCOCCOCCOCCNCC(C)(C)C)CC1. The summed E-state index contributed by atoms with van der Waals surface area (Å²) in [7, 11) is 0. The molecule has 0 aromatic rings. The minimum Gasteiger partial charge on any atom is -0.378 e. The lowest BCUT2D eigenvalue weighted by Gasteiger charge is -2.37. The van der Waals surface area contributed by atoms with Gasteiger partial charge in [-0.1, -0.05) is 27.7 Å². The van der Waals surface area contributed by atoms with Crippen LogP contribution in [-0.4, -0.2) is 88.8 Å². The van der Waals surface area contributed by atoms with Crippen LogP contribution in [0.25, 0.3) is 0 Å². The van der Waals surface area contributed by atoms with Crippen molar-refractivity contribution >= 4 is 0 Å². The Morgan fingerprint density at radius 3 is 1.93 bits per heavy atom. The van der Waals surface area contributed by atoms with Crippen molar-refractivity contribution in [2.45, 2.75) is 72.4 Å². The van der Waals surface area contributed by atoms with Crippen molar-refractivity contribution in [3.63, 3.8) is 0 Å². The molecule has 0 amide bonds. The molecule has 0 unspecified atom stereocenters. The summed E-state index contributed by atoms with van der Waals surface area (Å²) < 4.78 is 16.8. The molecular weight excluding hydrogens is 366 g/mol. The molecule has 0 radical (unpaired) electrons. The highest BCUT2D eigenvalue weighted by Crippen LogP contribution is 2.16. The van der Waals surface area contributed by atoms with E-state index in [9.17, 15) is 0 Å². The topological polar surface area (TPSA) is 55.0 Å². The molecule has 1 aliphatic heterocycles. The van der Waals surface area contributed by atoms with Gasteiger partial charge in [-0.25, -0.2) is 0 Å². The fraction of sp³-hybridized carbons (Fsp3) is 1.00. The van der Waals surface area contributed by atoms with Gasteiger partial charge in [-0.3, -0.25) is 0 Å². The van der Waals surface area contributed by atoms with Crippen molar-refractivity contribution in [1.82, 2.24) is 15.5 Å². The van der Waals surface area contributed by atoms with E-state index in [2.05, 4.69) is 57.1 Å². The van der Waals surface area contributed by atoms with E-state index >= 15 is 0 Å². The average molecular weight is 416 g/mol.